The van der Waals surface area contributed by atoms with Crippen molar-refractivity contribution in [2.24, 2.45) is 0 Å². The van der Waals surface area contributed by atoms with Crippen molar-refractivity contribution < 1.29 is 32.9 Å². The quantitative estimate of drug-likeness (QED) is 0.0524. The SMILES string of the molecule is CCCCCCCCCCCC/C=C/CC/C=C/C(O)C(COP(=O)(O)OCC[N+](C)(C)C)NC(=O)CC. The zero-order valence-corrected chi connectivity index (χ0v) is 25.8. The van der Waals surface area contributed by atoms with Gasteiger partial charge in [0, 0.05) is 6.42 Å². The summed E-state index contributed by atoms with van der Waals surface area (Å²) in [7, 11) is 1.54. The molecule has 0 aliphatic heterocycles. The van der Waals surface area contributed by atoms with Gasteiger partial charge in [-0.1, -0.05) is 95.9 Å². The highest BCUT2D eigenvalue weighted by Gasteiger charge is 2.27. The molecule has 224 valence electrons. The lowest BCUT2D eigenvalue weighted by atomic mass is 10.1. The number of likely N-dealkylation sites (N-methyl/N-ethyl adjacent to an activating group) is 1. The fraction of sp³-hybridized carbons (Fsp3) is 0.828. The van der Waals surface area contributed by atoms with Crippen molar-refractivity contribution in [3.8, 4) is 0 Å². The molecule has 0 heterocycles. The molecular formula is C29H58N2O6P+. The monoisotopic (exact) mass is 561 g/mol. The molecule has 0 spiro atoms. The summed E-state index contributed by atoms with van der Waals surface area (Å²) in [5.41, 5.74) is 0. The molecule has 0 aliphatic rings. The number of rotatable bonds is 25. The second-order valence-electron chi connectivity index (χ2n) is 11.1. The zero-order chi connectivity index (χ0) is 28.7. The number of hydrogen-bond acceptors (Lipinski definition) is 5. The van der Waals surface area contributed by atoms with Gasteiger partial charge >= 0.3 is 7.82 Å². The normalized spacial score (nSPS) is 15.7. The van der Waals surface area contributed by atoms with Gasteiger partial charge in [-0.25, -0.2) is 4.57 Å². The van der Waals surface area contributed by atoms with Crippen molar-refractivity contribution in [2.45, 2.75) is 116 Å². The Kier molecular flexibility index (Phi) is 22.1. The summed E-state index contributed by atoms with van der Waals surface area (Å²) in [6, 6.07) is -0.854. The average molecular weight is 562 g/mol. The molecule has 3 N–H and O–H groups in total. The second-order valence-corrected chi connectivity index (χ2v) is 12.5. The number of unbranched alkanes of at least 4 members (excludes halogenated alkanes) is 11. The number of carbonyl (C=O) groups excluding carboxylic acids is 1. The lowest BCUT2D eigenvalue weighted by Crippen LogP contribution is -2.45. The third-order valence-corrected chi connectivity index (χ3v) is 7.22. The number of amides is 1. The minimum Gasteiger partial charge on any atom is -0.387 e. The Morgan fingerprint density at radius 2 is 1.42 bits per heavy atom. The Hall–Kier alpha value is -1.02. The summed E-state index contributed by atoms with van der Waals surface area (Å²) in [4.78, 5) is 21.8. The maximum absolute atomic E-state index is 12.2. The van der Waals surface area contributed by atoms with Gasteiger partial charge in [0.15, 0.2) is 0 Å². The largest absolute Gasteiger partial charge is 0.472 e. The van der Waals surface area contributed by atoms with Gasteiger partial charge in [0.05, 0.1) is 39.9 Å². The van der Waals surface area contributed by atoms with Gasteiger partial charge < -0.3 is 19.8 Å². The van der Waals surface area contributed by atoms with E-state index in [2.05, 4.69) is 24.4 Å². The first-order valence-corrected chi connectivity index (χ1v) is 16.2. The van der Waals surface area contributed by atoms with E-state index in [0.29, 0.717) is 11.0 Å². The second kappa shape index (κ2) is 22.8. The molecule has 38 heavy (non-hydrogen) atoms. The van der Waals surface area contributed by atoms with Crippen molar-refractivity contribution >= 4 is 13.7 Å². The van der Waals surface area contributed by atoms with Crippen LogP contribution in [0, 0.1) is 0 Å². The van der Waals surface area contributed by atoms with Crippen molar-refractivity contribution in [2.75, 3.05) is 40.9 Å². The maximum atomic E-state index is 12.2. The van der Waals surface area contributed by atoms with Crippen molar-refractivity contribution in [3.63, 3.8) is 0 Å². The van der Waals surface area contributed by atoms with E-state index in [4.69, 9.17) is 9.05 Å². The first-order valence-electron chi connectivity index (χ1n) is 14.7. The van der Waals surface area contributed by atoms with Crippen LogP contribution in [0.1, 0.15) is 104 Å². The Morgan fingerprint density at radius 1 is 0.868 bits per heavy atom. The highest BCUT2D eigenvalue weighted by Crippen LogP contribution is 2.43. The van der Waals surface area contributed by atoms with Crippen LogP contribution in [0.2, 0.25) is 0 Å². The van der Waals surface area contributed by atoms with Gasteiger partial charge in [-0.15, -0.1) is 0 Å². The molecule has 0 saturated carbocycles. The van der Waals surface area contributed by atoms with E-state index >= 15 is 0 Å². The third kappa shape index (κ3) is 24.1. The Bertz CT molecular complexity index is 693. The lowest BCUT2D eigenvalue weighted by molar-refractivity contribution is -0.870. The molecule has 0 aromatic carbocycles. The van der Waals surface area contributed by atoms with Crippen LogP contribution in [0.3, 0.4) is 0 Å². The van der Waals surface area contributed by atoms with Crippen LogP contribution >= 0.6 is 7.82 Å². The van der Waals surface area contributed by atoms with Crippen LogP contribution in [-0.4, -0.2) is 73.4 Å². The molecule has 0 rings (SSSR count). The van der Waals surface area contributed by atoms with E-state index in [1.165, 1.54) is 64.2 Å². The third-order valence-electron chi connectivity index (χ3n) is 6.24. The predicted molar refractivity (Wildman–Crippen MR) is 157 cm³/mol. The molecule has 0 radical (unpaired) electrons. The highest BCUT2D eigenvalue weighted by atomic mass is 31.2. The van der Waals surface area contributed by atoms with E-state index in [-0.39, 0.29) is 25.5 Å². The number of hydrogen-bond donors (Lipinski definition) is 3. The molecule has 0 bridgehead atoms. The molecule has 3 atom stereocenters. The highest BCUT2D eigenvalue weighted by molar-refractivity contribution is 7.47. The molecule has 0 fully saturated rings. The number of aliphatic hydroxyl groups is 1. The van der Waals surface area contributed by atoms with Crippen LogP contribution in [0.4, 0.5) is 0 Å². The Morgan fingerprint density at radius 3 is 2.00 bits per heavy atom. The van der Waals surface area contributed by atoms with Crippen LogP contribution in [-0.2, 0) is 18.4 Å². The van der Waals surface area contributed by atoms with E-state index in [1.807, 2.05) is 27.2 Å². The van der Waals surface area contributed by atoms with Gasteiger partial charge in [0.2, 0.25) is 5.91 Å². The molecule has 0 aromatic rings. The van der Waals surface area contributed by atoms with E-state index in [0.717, 1.165) is 19.3 Å². The fourth-order valence-corrected chi connectivity index (χ4v) is 4.46. The van der Waals surface area contributed by atoms with Crippen molar-refractivity contribution in [1.82, 2.24) is 5.32 Å². The molecule has 8 nitrogen and oxygen atoms in total. The van der Waals surface area contributed by atoms with Crippen molar-refractivity contribution in [1.29, 1.82) is 0 Å². The minimum absolute atomic E-state index is 0.0540. The lowest BCUT2D eigenvalue weighted by Gasteiger charge is -2.25. The van der Waals surface area contributed by atoms with Gasteiger partial charge in [-0.2, -0.15) is 0 Å². The van der Waals surface area contributed by atoms with Gasteiger partial charge in [-0.3, -0.25) is 13.8 Å². The smallest absolute Gasteiger partial charge is 0.387 e. The molecule has 0 saturated heterocycles. The van der Waals surface area contributed by atoms with E-state index < -0.39 is 20.0 Å². The number of allylic oxidation sites excluding steroid dienone is 3. The number of quaternary nitrogens is 1. The molecule has 1 amide bonds. The van der Waals surface area contributed by atoms with Crippen molar-refractivity contribution in [3.05, 3.63) is 24.3 Å². The van der Waals surface area contributed by atoms with Gasteiger partial charge in [0.1, 0.15) is 13.2 Å². The Balaban J connectivity index is 4.23. The number of nitrogens with one attached hydrogen (secondary N) is 1. The average Bonchev–Trinajstić information content (AvgIpc) is 2.85. The number of carbonyl (C=O) groups is 1. The van der Waals surface area contributed by atoms with E-state index in [1.54, 1.807) is 13.0 Å². The summed E-state index contributed by atoms with van der Waals surface area (Å²) in [6.07, 6.45) is 23.2. The summed E-state index contributed by atoms with van der Waals surface area (Å²) in [5, 5.41) is 13.2. The standard InChI is InChI=1S/C29H57N2O6P/c1-6-8-9-10-11-12-13-14-15-16-17-18-19-20-21-22-23-28(32)27(30-29(33)7-2)26-37-38(34,35)36-25-24-31(3,4)5/h18-19,22-23,27-28,32H,6-17,20-21,24-26H2,1-5H3,(H-,30,33,34,35)/p+1/b19-18+,23-22+. The van der Waals surface area contributed by atoms with Gasteiger partial charge in [-0.05, 0) is 25.7 Å². The first kappa shape index (κ1) is 37.0. The Labute approximate surface area is 233 Å². The number of nitrogens with zero attached hydrogens (tertiary/aromatic N) is 1. The molecular weight excluding hydrogens is 503 g/mol. The summed E-state index contributed by atoms with van der Waals surface area (Å²) >= 11 is 0. The number of phosphoric ester groups is 1. The van der Waals surface area contributed by atoms with Crippen LogP contribution in [0.25, 0.3) is 0 Å². The number of phosphoric acid groups is 1. The molecule has 3 unspecified atom stereocenters. The molecule has 0 aliphatic carbocycles. The first-order chi connectivity index (χ1) is 18.0. The number of aliphatic hydroxyl groups excluding tert-OH is 1. The van der Waals surface area contributed by atoms with Crippen LogP contribution < -0.4 is 5.32 Å². The summed E-state index contributed by atoms with van der Waals surface area (Å²) in [5.74, 6) is -0.278. The van der Waals surface area contributed by atoms with Crippen LogP contribution in [0.5, 0.6) is 0 Å². The molecule has 0 aromatic heterocycles. The topological polar surface area (TPSA) is 105 Å². The zero-order valence-electron chi connectivity index (χ0n) is 24.9. The van der Waals surface area contributed by atoms with Crippen LogP contribution in [0.15, 0.2) is 24.3 Å². The van der Waals surface area contributed by atoms with Gasteiger partial charge in [0.25, 0.3) is 0 Å². The minimum atomic E-state index is -4.29. The molecule has 9 heteroatoms. The van der Waals surface area contributed by atoms with E-state index in [9.17, 15) is 19.4 Å². The summed E-state index contributed by atoms with van der Waals surface area (Å²) < 4.78 is 22.8. The predicted octanol–water partition coefficient (Wildman–Crippen LogP) is 6.29. The fourth-order valence-electron chi connectivity index (χ4n) is 3.72. The maximum Gasteiger partial charge on any atom is 0.472 e. The summed E-state index contributed by atoms with van der Waals surface area (Å²) in [6.45, 7) is 4.20.